The van der Waals surface area contributed by atoms with Crippen molar-refractivity contribution in [2.45, 2.75) is 6.04 Å². The van der Waals surface area contributed by atoms with Crippen LogP contribution in [0.15, 0.2) is 12.1 Å². The number of rotatable bonds is 3. The number of alkyl halides is 1. The van der Waals surface area contributed by atoms with Crippen molar-refractivity contribution in [1.29, 1.82) is 0 Å². The Kier molecular flexibility index (Phi) is 4.31. The normalized spacial score (nSPS) is 19.8. The standard InChI is InChI=1S/C10H11BrN2O4S/c11-5-7-6-17-4-3-12(7)10(14)8-1-2-9(18-8)13(15)16/h1-2,7H,3-6H2. The van der Waals surface area contributed by atoms with Gasteiger partial charge in [0.25, 0.3) is 5.91 Å². The summed E-state index contributed by atoms with van der Waals surface area (Å²) in [4.78, 5) is 24.5. The van der Waals surface area contributed by atoms with E-state index in [9.17, 15) is 14.9 Å². The minimum atomic E-state index is -0.483. The molecule has 98 valence electrons. The van der Waals surface area contributed by atoms with Gasteiger partial charge in [-0.05, 0) is 6.07 Å². The maximum absolute atomic E-state index is 12.2. The van der Waals surface area contributed by atoms with Crippen LogP contribution >= 0.6 is 27.3 Å². The molecule has 1 atom stereocenters. The summed E-state index contributed by atoms with van der Waals surface area (Å²) in [5.74, 6) is -0.166. The third-order valence-corrected chi connectivity index (χ3v) is 4.42. The van der Waals surface area contributed by atoms with Gasteiger partial charge in [-0.3, -0.25) is 14.9 Å². The van der Waals surface area contributed by atoms with E-state index in [-0.39, 0.29) is 17.0 Å². The van der Waals surface area contributed by atoms with Crippen molar-refractivity contribution in [3.63, 3.8) is 0 Å². The molecule has 0 spiro atoms. The molecule has 1 aromatic heterocycles. The second-order valence-corrected chi connectivity index (χ2v) is 5.49. The Bertz CT molecular complexity index is 464. The van der Waals surface area contributed by atoms with Gasteiger partial charge in [-0.2, -0.15) is 0 Å². The van der Waals surface area contributed by atoms with Crippen LogP contribution in [0.5, 0.6) is 0 Å². The second kappa shape index (κ2) is 5.77. The highest BCUT2D eigenvalue weighted by molar-refractivity contribution is 9.09. The lowest BCUT2D eigenvalue weighted by Crippen LogP contribution is -2.49. The van der Waals surface area contributed by atoms with Crippen LogP contribution in [0, 0.1) is 10.1 Å². The lowest BCUT2D eigenvalue weighted by molar-refractivity contribution is -0.380. The lowest BCUT2D eigenvalue weighted by Gasteiger charge is -2.34. The smallest absolute Gasteiger partial charge is 0.324 e. The fourth-order valence-electron chi connectivity index (χ4n) is 1.73. The number of morpholine rings is 1. The predicted octanol–water partition coefficient (Wildman–Crippen LogP) is 1.89. The largest absolute Gasteiger partial charge is 0.377 e. The van der Waals surface area contributed by atoms with Gasteiger partial charge in [0, 0.05) is 17.9 Å². The van der Waals surface area contributed by atoms with Crippen LogP contribution in [0.2, 0.25) is 0 Å². The van der Waals surface area contributed by atoms with Crippen molar-refractivity contribution in [2.75, 3.05) is 25.1 Å². The average Bonchev–Trinajstić information content (AvgIpc) is 2.87. The summed E-state index contributed by atoms with van der Waals surface area (Å²) in [5.41, 5.74) is 0. The Hall–Kier alpha value is -0.990. The van der Waals surface area contributed by atoms with Crippen molar-refractivity contribution >= 4 is 38.2 Å². The number of carbonyl (C=O) groups excluding carboxylic acids is 1. The molecule has 0 saturated carbocycles. The number of carbonyl (C=O) groups is 1. The molecule has 0 radical (unpaired) electrons. The van der Waals surface area contributed by atoms with E-state index in [1.165, 1.54) is 12.1 Å². The molecule has 0 N–H and O–H groups in total. The predicted molar refractivity (Wildman–Crippen MR) is 70.4 cm³/mol. The van der Waals surface area contributed by atoms with Gasteiger partial charge in [-0.15, -0.1) is 0 Å². The van der Waals surface area contributed by atoms with E-state index in [0.717, 1.165) is 11.3 Å². The van der Waals surface area contributed by atoms with E-state index in [0.29, 0.717) is 30.0 Å². The molecule has 1 aliphatic heterocycles. The molecular weight excluding hydrogens is 324 g/mol. The van der Waals surface area contributed by atoms with E-state index in [1.54, 1.807) is 4.90 Å². The van der Waals surface area contributed by atoms with Gasteiger partial charge in [0.2, 0.25) is 0 Å². The monoisotopic (exact) mass is 334 g/mol. The first-order valence-electron chi connectivity index (χ1n) is 5.32. The molecule has 1 aliphatic rings. The van der Waals surface area contributed by atoms with Crippen molar-refractivity contribution in [3.8, 4) is 0 Å². The number of thiophene rings is 1. The minimum Gasteiger partial charge on any atom is -0.377 e. The average molecular weight is 335 g/mol. The summed E-state index contributed by atoms with van der Waals surface area (Å²) >= 11 is 4.25. The zero-order chi connectivity index (χ0) is 13.1. The first-order valence-corrected chi connectivity index (χ1v) is 7.26. The van der Waals surface area contributed by atoms with Crippen LogP contribution in [0.3, 0.4) is 0 Å². The maximum Gasteiger partial charge on any atom is 0.324 e. The van der Waals surface area contributed by atoms with E-state index in [1.807, 2.05) is 0 Å². The van der Waals surface area contributed by atoms with Crippen molar-refractivity contribution in [3.05, 3.63) is 27.1 Å². The maximum atomic E-state index is 12.2. The number of halogens is 1. The van der Waals surface area contributed by atoms with Crippen molar-refractivity contribution in [2.24, 2.45) is 0 Å². The Morgan fingerprint density at radius 1 is 1.67 bits per heavy atom. The molecule has 2 rings (SSSR count). The first kappa shape index (κ1) is 13.4. The highest BCUT2D eigenvalue weighted by atomic mass is 79.9. The minimum absolute atomic E-state index is 0.0120. The highest BCUT2D eigenvalue weighted by Gasteiger charge is 2.29. The molecule has 0 bridgehead atoms. The number of ether oxygens (including phenoxy) is 1. The van der Waals surface area contributed by atoms with Gasteiger partial charge < -0.3 is 9.64 Å². The highest BCUT2D eigenvalue weighted by Crippen LogP contribution is 2.26. The zero-order valence-corrected chi connectivity index (χ0v) is 11.8. The van der Waals surface area contributed by atoms with Gasteiger partial charge in [-0.25, -0.2) is 0 Å². The van der Waals surface area contributed by atoms with Gasteiger partial charge >= 0.3 is 5.00 Å². The third-order valence-electron chi connectivity index (χ3n) is 2.65. The molecule has 1 unspecified atom stereocenters. The molecule has 6 nitrogen and oxygen atoms in total. The summed E-state index contributed by atoms with van der Waals surface area (Å²) in [5, 5.41) is 11.2. The summed E-state index contributed by atoms with van der Waals surface area (Å²) < 4.78 is 5.30. The molecule has 1 aromatic rings. The quantitative estimate of drug-likeness (QED) is 0.480. The molecule has 18 heavy (non-hydrogen) atoms. The number of amides is 1. The van der Waals surface area contributed by atoms with Crippen molar-refractivity contribution in [1.82, 2.24) is 4.90 Å². The zero-order valence-electron chi connectivity index (χ0n) is 9.37. The van der Waals surface area contributed by atoms with E-state index < -0.39 is 4.92 Å². The summed E-state index contributed by atoms with van der Waals surface area (Å²) in [6.07, 6.45) is 0. The molecule has 1 fully saturated rings. The summed E-state index contributed by atoms with van der Waals surface area (Å²) in [6, 6.07) is 2.85. The van der Waals surface area contributed by atoms with Gasteiger partial charge in [0.05, 0.1) is 29.1 Å². The van der Waals surface area contributed by atoms with Crippen LogP contribution in [0.4, 0.5) is 5.00 Å². The molecule has 1 saturated heterocycles. The Balaban J connectivity index is 2.15. The van der Waals surface area contributed by atoms with E-state index >= 15 is 0 Å². The number of hydrogen-bond donors (Lipinski definition) is 0. The fourth-order valence-corrected chi connectivity index (χ4v) is 3.05. The molecule has 0 aromatic carbocycles. The first-order chi connectivity index (χ1) is 8.63. The van der Waals surface area contributed by atoms with Gasteiger partial charge in [0.1, 0.15) is 0 Å². The molecule has 1 amide bonds. The summed E-state index contributed by atoms with van der Waals surface area (Å²) in [7, 11) is 0. The third kappa shape index (κ3) is 2.70. The Morgan fingerprint density at radius 2 is 2.44 bits per heavy atom. The van der Waals surface area contributed by atoms with Gasteiger partial charge in [0.15, 0.2) is 0 Å². The molecule has 0 aliphatic carbocycles. The fraction of sp³-hybridized carbons (Fsp3) is 0.500. The molecule has 2 heterocycles. The lowest BCUT2D eigenvalue weighted by atomic mass is 10.2. The number of hydrogen-bond acceptors (Lipinski definition) is 5. The Labute approximate surface area is 116 Å². The number of nitro groups is 1. The molecule has 8 heteroatoms. The van der Waals surface area contributed by atoms with E-state index in [4.69, 9.17) is 4.74 Å². The van der Waals surface area contributed by atoms with Crippen LogP contribution < -0.4 is 0 Å². The van der Waals surface area contributed by atoms with E-state index in [2.05, 4.69) is 15.9 Å². The van der Waals surface area contributed by atoms with Crippen molar-refractivity contribution < 1.29 is 14.5 Å². The van der Waals surface area contributed by atoms with Crippen LogP contribution in [-0.2, 0) is 4.74 Å². The topological polar surface area (TPSA) is 72.7 Å². The Morgan fingerprint density at radius 3 is 3.06 bits per heavy atom. The van der Waals surface area contributed by atoms with Crippen LogP contribution in [-0.4, -0.2) is 46.9 Å². The molecular formula is C10H11BrN2O4S. The van der Waals surface area contributed by atoms with Gasteiger partial charge in [-0.1, -0.05) is 27.3 Å². The number of nitrogens with zero attached hydrogens (tertiary/aromatic N) is 2. The SMILES string of the molecule is O=C(c1ccc([N+](=O)[O-])s1)N1CCOCC1CBr. The van der Waals surface area contributed by atoms with Crippen LogP contribution in [0.1, 0.15) is 9.67 Å². The van der Waals surface area contributed by atoms with Crippen LogP contribution in [0.25, 0.3) is 0 Å². The summed E-state index contributed by atoms with van der Waals surface area (Å²) in [6.45, 7) is 1.51. The second-order valence-electron chi connectivity index (χ2n) is 3.78.